The van der Waals surface area contributed by atoms with Crippen LogP contribution in [0, 0.1) is 0 Å². The summed E-state index contributed by atoms with van der Waals surface area (Å²) in [6.07, 6.45) is 2.48. The van der Waals surface area contributed by atoms with Gasteiger partial charge in [-0.05, 0) is 24.1 Å². The van der Waals surface area contributed by atoms with Crippen LogP contribution in [0.25, 0.3) is 10.9 Å². The number of aromatic amines is 1. The second-order valence-electron chi connectivity index (χ2n) is 7.17. The molecule has 3 aromatic carbocycles. The molecule has 1 aliphatic heterocycles. The van der Waals surface area contributed by atoms with Crippen molar-refractivity contribution >= 4 is 22.5 Å². The molecule has 1 aliphatic rings. The zero-order valence-electron chi connectivity index (χ0n) is 15.3. The minimum absolute atomic E-state index is 0.297. The van der Waals surface area contributed by atoms with Gasteiger partial charge in [0.15, 0.2) is 5.60 Å². The summed E-state index contributed by atoms with van der Waals surface area (Å²) in [4.78, 5) is 18.4. The van der Waals surface area contributed by atoms with Gasteiger partial charge < -0.3 is 15.0 Å². The number of aromatic nitrogens is 1. The fraction of sp³-hybridized carbons (Fsp3) is 0.125. The van der Waals surface area contributed by atoms with Crippen molar-refractivity contribution in [3.63, 3.8) is 0 Å². The zero-order chi connectivity index (χ0) is 19.1. The lowest BCUT2D eigenvalue weighted by atomic mass is 9.87. The van der Waals surface area contributed by atoms with Crippen molar-refractivity contribution in [2.75, 3.05) is 11.4 Å². The van der Waals surface area contributed by atoms with Gasteiger partial charge in [-0.15, -0.1) is 0 Å². The maximum Gasteiger partial charge on any atom is 0.268 e. The molecule has 0 spiro atoms. The summed E-state index contributed by atoms with van der Waals surface area (Å²) in [7, 11) is 0. The quantitative estimate of drug-likeness (QED) is 0.572. The lowest BCUT2D eigenvalue weighted by Gasteiger charge is -2.23. The largest absolute Gasteiger partial charge is 0.372 e. The van der Waals surface area contributed by atoms with Crippen LogP contribution in [0.1, 0.15) is 16.7 Å². The predicted octanol–water partition coefficient (Wildman–Crippen LogP) is 3.99. The van der Waals surface area contributed by atoms with Crippen molar-refractivity contribution in [1.82, 2.24) is 4.98 Å². The number of para-hydroxylation sites is 2. The Kier molecular flexibility index (Phi) is 3.81. The highest BCUT2D eigenvalue weighted by molar-refractivity contribution is 6.11. The fourth-order valence-electron chi connectivity index (χ4n) is 4.17. The molecule has 138 valence electrons. The number of carbonyl (C=O) groups excluding carboxylic acids is 1. The summed E-state index contributed by atoms with van der Waals surface area (Å²) in [6, 6.07) is 25.3. The minimum Gasteiger partial charge on any atom is -0.372 e. The SMILES string of the molecule is O=C1N(CCc2ccccc2)c2ccccc2C1(O)c1c[nH]c2ccccc12. The van der Waals surface area contributed by atoms with E-state index in [2.05, 4.69) is 17.1 Å². The molecule has 0 bridgehead atoms. The molecule has 1 aromatic heterocycles. The maximum absolute atomic E-state index is 13.5. The van der Waals surface area contributed by atoms with Gasteiger partial charge in [0, 0.05) is 34.8 Å². The molecule has 0 saturated heterocycles. The number of hydrogen-bond acceptors (Lipinski definition) is 2. The number of anilines is 1. The lowest BCUT2D eigenvalue weighted by Crippen LogP contribution is -2.41. The van der Waals surface area contributed by atoms with E-state index in [-0.39, 0.29) is 5.91 Å². The second-order valence-corrected chi connectivity index (χ2v) is 7.17. The van der Waals surface area contributed by atoms with Crippen molar-refractivity contribution in [3.8, 4) is 0 Å². The normalized spacial score (nSPS) is 18.6. The van der Waals surface area contributed by atoms with Crippen LogP contribution in [0.5, 0.6) is 0 Å². The van der Waals surface area contributed by atoms with Gasteiger partial charge in [0.2, 0.25) is 0 Å². The van der Waals surface area contributed by atoms with E-state index in [1.165, 1.54) is 0 Å². The number of hydrogen-bond donors (Lipinski definition) is 2. The molecule has 1 unspecified atom stereocenters. The Balaban J connectivity index is 1.59. The molecule has 0 aliphatic carbocycles. The molecule has 2 N–H and O–H groups in total. The van der Waals surface area contributed by atoms with Crippen LogP contribution in [0.15, 0.2) is 85.1 Å². The van der Waals surface area contributed by atoms with E-state index in [1.807, 2.05) is 66.7 Å². The molecule has 0 saturated carbocycles. The lowest BCUT2D eigenvalue weighted by molar-refractivity contribution is -0.132. The van der Waals surface area contributed by atoms with Crippen molar-refractivity contribution in [3.05, 3.63) is 102 Å². The summed E-state index contributed by atoms with van der Waals surface area (Å²) >= 11 is 0. The van der Waals surface area contributed by atoms with Crippen molar-refractivity contribution in [2.24, 2.45) is 0 Å². The van der Waals surface area contributed by atoms with Gasteiger partial charge in [-0.1, -0.05) is 66.7 Å². The van der Waals surface area contributed by atoms with Crippen LogP contribution in [-0.2, 0) is 16.8 Å². The first-order valence-corrected chi connectivity index (χ1v) is 9.44. The summed E-state index contributed by atoms with van der Waals surface area (Å²) in [6.45, 7) is 0.518. The monoisotopic (exact) mass is 368 g/mol. The highest BCUT2D eigenvalue weighted by Gasteiger charge is 2.51. The summed E-state index contributed by atoms with van der Waals surface area (Å²) < 4.78 is 0. The van der Waals surface area contributed by atoms with Gasteiger partial charge in [0.1, 0.15) is 0 Å². The van der Waals surface area contributed by atoms with Gasteiger partial charge in [-0.2, -0.15) is 0 Å². The Morgan fingerprint density at radius 1 is 0.857 bits per heavy atom. The average molecular weight is 368 g/mol. The van der Waals surface area contributed by atoms with E-state index in [0.717, 1.165) is 28.6 Å². The molecule has 5 rings (SSSR count). The zero-order valence-corrected chi connectivity index (χ0v) is 15.3. The number of carbonyl (C=O) groups is 1. The molecule has 4 heteroatoms. The van der Waals surface area contributed by atoms with Crippen LogP contribution in [0.2, 0.25) is 0 Å². The highest BCUT2D eigenvalue weighted by Crippen LogP contribution is 2.46. The summed E-state index contributed by atoms with van der Waals surface area (Å²) in [5, 5.41) is 12.6. The molecular weight excluding hydrogens is 348 g/mol. The number of rotatable bonds is 4. The van der Waals surface area contributed by atoms with Gasteiger partial charge in [0.05, 0.1) is 5.69 Å². The molecule has 2 heterocycles. The molecule has 1 amide bonds. The molecule has 0 fully saturated rings. The number of nitrogens with one attached hydrogen (secondary N) is 1. The second kappa shape index (κ2) is 6.36. The summed E-state index contributed by atoms with van der Waals surface area (Å²) in [5.41, 5.74) is 2.39. The molecule has 4 aromatic rings. The third-order valence-electron chi connectivity index (χ3n) is 5.59. The summed E-state index contributed by atoms with van der Waals surface area (Å²) in [5.74, 6) is -0.297. The Bertz CT molecular complexity index is 1170. The van der Waals surface area contributed by atoms with Crippen LogP contribution in [0.4, 0.5) is 5.69 Å². The van der Waals surface area contributed by atoms with Gasteiger partial charge in [0.25, 0.3) is 5.91 Å². The number of benzene rings is 3. The number of nitrogens with zero attached hydrogens (tertiary/aromatic N) is 1. The minimum atomic E-state index is -1.69. The fourth-order valence-corrected chi connectivity index (χ4v) is 4.17. The smallest absolute Gasteiger partial charge is 0.268 e. The van der Waals surface area contributed by atoms with Gasteiger partial charge in [-0.25, -0.2) is 0 Å². The van der Waals surface area contributed by atoms with Crippen LogP contribution >= 0.6 is 0 Å². The van der Waals surface area contributed by atoms with E-state index >= 15 is 0 Å². The van der Waals surface area contributed by atoms with Crippen LogP contribution in [-0.4, -0.2) is 22.5 Å². The van der Waals surface area contributed by atoms with E-state index in [1.54, 1.807) is 11.1 Å². The Hall–Kier alpha value is -3.37. The number of fused-ring (bicyclic) bond motifs is 2. The third kappa shape index (κ3) is 2.38. The molecule has 0 radical (unpaired) electrons. The standard InChI is InChI=1S/C24H20N2O2/c27-23-24(28,20-16-25-21-12-6-4-10-18(20)21)19-11-5-7-13-22(19)26(23)15-14-17-8-2-1-3-9-17/h1-13,16,25,28H,14-15H2. The average Bonchev–Trinajstić information content (AvgIpc) is 3.27. The number of aliphatic hydroxyl groups is 1. The van der Waals surface area contributed by atoms with Crippen molar-refractivity contribution < 1.29 is 9.90 Å². The molecule has 4 nitrogen and oxygen atoms in total. The molecular formula is C24H20N2O2. The van der Waals surface area contributed by atoms with E-state index in [4.69, 9.17) is 0 Å². The van der Waals surface area contributed by atoms with Gasteiger partial charge >= 0.3 is 0 Å². The Morgan fingerprint density at radius 3 is 2.43 bits per heavy atom. The number of H-pyrrole nitrogens is 1. The molecule has 28 heavy (non-hydrogen) atoms. The first-order valence-electron chi connectivity index (χ1n) is 9.44. The van der Waals surface area contributed by atoms with Crippen molar-refractivity contribution in [1.29, 1.82) is 0 Å². The topological polar surface area (TPSA) is 56.3 Å². The molecule has 1 atom stereocenters. The van der Waals surface area contributed by atoms with E-state index in [9.17, 15) is 9.90 Å². The third-order valence-corrected chi connectivity index (χ3v) is 5.59. The number of amides is 1. The van der Waals surface area contributed by atoms with Gasteiger partial charge in [-0.3, -0.25) is 4.79 Å². The first kappa shape index (κ1) is 16.8. The maximum atomic E-state index is 13.5. The van der Waals surface area contributed by atoms with Crippen LogP contribution < -0.4 is 4.90 Å². The van der Waals surface area contributed by atoms with E-state index in [0.29, 0.717) is 17.7 Å². The Morgan fingerprint density at radius 2 is 1.57 bits per heavy atom. The van der Waals surface area contributed by atoms with Crippen molar-refractivity contribution in [2.45, 2.75) is 12.0 Å². The first-order chi connectivity index (χ1) is 13.7. The van der Waals surface area contributed by atoms with Crippen LogP contribution in [0.3, 0.4) is 0 Å². The predicted molar refractivity (Wildman–Crippen MR) is 110 cm³/mol. The van der Waals surface area contributed by atoms with E-state index < -0.39 is 5.60 Å². The highest BCUT2D eigenvalue weighted by atomic mass is 16.3. The Labute approximate surface area is 163 Å².